The van der Waals surface area contributed by atoms with Crippen molar-refractivity contribution in [2.45, 2.75) is 47.0 Å². The summed E-state index contributed by atoms with van der Waals surface area (Å²) in [4.78, 5) is 24.1. The molecule has 2 N–H and O–H groups in total. The predicted molar refractivity (Wildman–Crippen MR) is 90.3 cm³/mol. The number of hydrogen-bond acceptors (Lipinski definition) is 2. The zero-order valence-electron chi connectivity index (χ0n) is 14.5. The van der Waals surface area contributed by atoms with Gasteiger partial charge in [0.05, 0.1) is 11.3 Å². The van der Waals surface area contributed by atoms with E-state index in [-0.39, 0.29) is 18.3 Å². The van der Waals surface area contributed by atoms with Crippen molar-refractivity contribution in [2.75, 3.05) is 0 Å². The van der Waals surface area contributed by atoms with Gasteiger partial charge in [-0.25, -0.2) is 0 Å². The molecule has 0 aliphatic heterocycles. The monoisotopic (exact) mass is 320 g/mol. The number of carboxylic acid groups (broad SMARTS) is 2. The van der Waals surface area contributed by atoms with Gasteiger partial charge >= 0.3 is 11.9 Å². The van der Waals surface area contributed by atoms with Crippen molar-refractivity contribution >= 4 is 11.9 Å². The first-order chi connectivity index (χ1) is 10.7. The summed E-state index contributed by atoms with van der Waals surface area (Å²) in [7, 11) is 0. The van der Waals surface area contributed by atoms with Gasteiger partial charge < -0.3 is 10.2 Å². The molecule has 1 aromatic carbocycles. The molecule has 4 nitrogen and oxygen atoms in total. The lowest BCUT2D eigenvalue weighted by Crippen LogP contribution is -2.45. The summed E-state index contributed by atoms with van der Waals surface area (Å²) in [6.07, 6.45) is 0.969. The van der Waals surface area contributed by atoms with E-state index in [1.165, 1.54) is 0 Å². The lowest BCUT2D eigenvalue weighted by Gasteiger charge is -2.37. The van der Waals surface area contributed by atoms with Crippen LogP contribution in [-0.4, -0.2) is 22.2 Å². The van der Waals surface area contributed by atoms with Gasteiger partial charge in [-0.3, -0.25) is 9.59 Å². The van der Waals surface area contributed by atoms with E-state index in [1.54, 1.807) is 0 Å². The lowest BCUT2D eigenvalue weighted by molar-refractivity contribution is -0.165. The molecule has 0 amide bonds. The first-order valence-corrected chi connectivity index (χ1v) is 8.19. The van der Waals surface area contributed by atoms with Crippen LogP contribution in [0.4, 0.5) is 0 Å². The Bertz CT molecular complexity index is 509. The molecule has 1 unspecified atom stereocenters. The minimum absolute atomic E-state index is 0.113. The first kappa shape index (κ1) is 19.2. The van der Waals surface area contributed by atoms with E-state index in [0.29, 0.717) is 12.8 Å². The molecule has 0 aromatic heterocycles. The Hall–Kier alpha value is -1.84. The van der Waals surface area contributed by atoms with E-state index in [2.05, 4.69) is 0 Å². The number of rotatable bonds is 9. The van der Waals surface area contributed by atoms with Crippen molar-refractivity contribution < 1.29 is 19.8 Å². The second kappa shape index (κ2) is 8.14. The summed E-state index contributed by atoms with van der Waals surface area (Å²) in [6, 6.07) is 9.27. The highest BCUT2D eigenvalue weighted by molar-refractivity contribution is 5.83. The highest BCUT2D eigenvalue weighted by Crippen LogP contribution is 2.43. The summed E-state index contributed by atoms with van der Waals surface area (Å²) in [5, 5.41) is 19.7. The standard InChI is InChI=1S/C19H28O4/c1-13(2)11-19(18(22)23,12-14(3)4)16(17(20)21)10-15-8-6-5-7-9-15/h5-9,13-14,16H,10-12H2,1-4H3,(H,20,21)(H,22,23). The van der Waals surface area contributed by atoms with Crippen molar-refractivity contribution in [3.8, 4) is 0 Å². The van der Waals surface area contributed by atoms with Gasteiger partial charge in [-0.05, 0) is 36.7 Å². The second-order valence-corrected chi connectivity index (χ2v) is 7.24. The molecule has 0 spiro atoms. The summed E-state index contributed by atoms with van der Waals surface area (Å²) in [6.45, 7) is 7.78. The van der Waals surface area contributed by atoms with Crippen LogP contribution in [0.1, 0.15) is 46.1 Å². The molecular weight excluding hydrogens is 292 g/mol. The fourth-order valence-electron chi connectivity index (χ4n) is 3.52. The lowest BCUT2D eigenvalue weighted by atomic mass is 9.64. The van der Waals surface area contributed by atoms with Crippen molar-refractivity contribution in [1.82, 2.24) is 0 Å². The van der Waals surface area contributed by atoms with Crippen LogP contribution in [-0.2, 0) is 16.0 Å². The smallest absolute Gasteiger partial charge is 0.310 e. The van der Waals surface area contributed by atoms with Crippen molar-refractivity contribution in [1.29, 1.82) is 0 Å². The minimum atomic E-state index is -1.25. The summed E-state index contributed by atoms with van der Waals surface area (Å²) < 4.78 is 0. The third-order valence-electron chi connectivity index (χ3n) is 4.22. The SMILES string of the molecule is CC(C)CC(CC(C)C)(C(=O)O)C(Cc1ccccc1)C(=O)O. The molecule has 0 radical (unpaired) electrons. The zero-order chi connectivity index (χ0) is 17.6. The maximum atomic E-state index is 12.2. The molecule has 1 aromatic rings. The van der Waals surface area contributed by atoms with E-state index >= 15 is 0 Å². The van der Waals surface area contributed by atoms with Gasteiger partial charge in [-0.2, -0.15) is 0 Å². The van der Waals surface area contributed by atoms with Crippen LogP contribution >= 0.6 is 0 Å². The number of carboxylic acids is 2. The van der Waals surface area contributed by atoms with Gasteiger partial charge in [0.1, 0.15) is 0 Å². The molecule has 128 valence electrons. The van der Waals surface area contributed by atoms with Crippen molar-refractivity contribution in [2.24, 2.45) is 23.2 Å². The maximum absolute atomic E-state index is 12.2. The predicted octanol–water partition coefficient (Wildman–Crippen LogP) is 4.09. The summed E-state index contributed by atoms with van der Waals surface area (Å²) in [5.41, 5.74) is -0.387. The molecule has 0 bridgehead atoms. The van der Waals surface area contributed by atoms with Gasteiger partial charge in [0.2, 0.25) is 0 Å². The Balaban J connectivity index is 3.30. The quantitative estimate of drug-likeness (QED) is 0.718. The average Bonchev–Trinajstić information content (AvgIpc) is 2.43. The Morgan fingerprint density at radius 1 is 0.957 bits per heavy atom. The number of benzene rings is 1. The molecule has 0 saturated heterocycles. The third kappa shape index (κ3) is 5.08. The van der Waals surface area contributed by atoms with Crippen LogP contribution < -0.4 is 0 Å². The summed E-state index contributed by atoms with van der Waals surface area (Å²) in [5.74, 6) is -2.74. The van der Waals surface area contributed by atoms with Crippen LogP contribution in [0, 0.1) is 23.2 Å². The molecule has 1 rings (SSSR count). The van der Waals surface area contributed by atoms with E-state index in [4.69, 9.17) is 0 Å². The fourth-order valence-corrected chi connectivity index (χ4v) is 3.52. The van der Waals surface area contributed by atoms with E-state index in [9.17, 15) is 19.8 Å². The first-order valence-electron chi connectivity index (χ1n) is 8.19. The van der Waals surface area contributed by atoms with E-state index in [1.807, 2.05) is 58.0 Å². The van der Waals surface area contributed by atoms with Crippen LogP contribution in [0.5, 0.6) is 0 Å². The van der Waals surface area contributed by atoms with Gasteiger partial charge in [0, 0.05) is 0 Å². The Labute approximate surface area is 138 Å². The van der Waals surface area contributed by atoms with Gasteiger partial charge in [0.15, 0.2) is 0 Å². The van der Waals surface area contributed by atoms with E-state index in [0.717, 1.165) is 5.56 Å². The summed E-state index contributed by atoms with van der Waals surface area (Å²) >= 11 is 0. The Morgan fingerprint density at radius 2 is 1.43 bits per heavy atom. The second-order valence-electron chi connectivity index (χ2n) is 7.24. The molecule has 23 heavy (non-hydrogen) atoms. The molecule has 0 aliphatic carbocycles. The Morgan fingerprint density at radius 3 is 1.78 bits per heavy atom. The molecule has 0 heterocycles. The normalized spacial score (nSPS) is 13.3. The van der Waals surface area contributed by atoms with Crippen LogP contribution in [0.25, 0.3) is 0 Å². The highest BCUT2D eigenvalue weighted by Gasteiger charge is 2.49. The molecular formula is C19H28O4. The van der Waals surface area contributed by atoms with Gasteiger partial charge in [0.25, 0.3) is 0 Å². The van der Waals surface area contributed by atoms with Crippen LogP contribution in [0.2, 0.25) is 0 Å². The molecule has 1 atom stereocenters. The Kier molecular flexibility index (Phi) is 6.79. The largest absolute Gasteiger partial charge is 0.481 e. The van der Waals surface area contributed by atoms with Crippen LogP contribution in [0.3, 0.4) is 0 Å². The molecule has 0 aliphatic rings. The minimum Gasteiger partial charge on any atom is -0.481 e. The van der Waals surface area contributed by atoms with Crippen LogP contribution in [0.15, 0.2) is 30.3 Å². The molecule has 0 fully saturated rings. The number of carbonyl (C=O) groups is 2. The van der Waals surface area contributed by atoms with Gasteiger partial charge in [-0.1, -0.05) is 58.0 Å². The van der Waals surface area contributed by atoms with Gasteiger partial charge in [-0.15, -0.1) is 0 Å². The maximum Gasteiger partial charge on any atom is 0.310 e. The molecule has 4 heteroatoms. The van der Waals surface area contributed by atoms with Crippen molar-refractivity contribution in [3.63, 3.8) is 0 Å². The van der Waals surface area contributed by atoms with Crippen molar-refractivity contribution in [3.05, 3.63) is 35.9 Å². The third-order valence-corrected chi connectivity index (χ3v) is 4.22. The highest BCUT2D eigenvalue weighted by atomic mass is 16.4. The van der Waals surface area contributed by atoms with E-state index < -0.39 is 23.3 Å². The molecule has 0 saturated carbocycles. The zero-order valence-corrected chi connectivity index (χ0v) is 14.5. The average molecular weight is 320 g/mol. The number of hydrogen-bond donors (Lipinski definition) is 2. The fraction of sp³-hybridized carbons (Fsp3) is 0.579. The number of aliphatic carboxylic acids is 2. The topological polar surface area (TPSA) is 74.6 Å².